The van der Waals surface area contributed by atoms with Gasteiger partial charge in [-0.2, -0.15) is 47.9 Å². The summed E-state index contributed by atoms with van der Waals surface area (Å²) in [6.07, 6.45) is 29.8. The largest absolute Gasteiger partial charge is 0.353 e. The number of carbonyl (C=O) groups excluding carboxylic acids is 1. The second-order valence-corrected chi connectivity index (χ2v) is 30.2. The molecule has 70 heavy (non-hydrogen) atoms. The molecule has 5 fully saturated rings. The SMILES string of the molecule is CNCCSC(CCC1CCC(C(=O)NC2CCC(CC3CCC(NC4CCC5CCC(C(C)CCC(SCCN(C)C)C(C)C)SCCN(C)NC5C4)CC3)CC2)CC1S)C(C)CCC(C)C(C)C. The Kier molecular flexibility index (Phi) is 29.1. The van der Waals surface area contributed by atoms with Crippen molar-refractivity contribution < 1.29 is 4.79 Å². The number of hydrogen-bond donors (Lipinski definition) is 5. The first-order chi connectivity index (χ1) is 33.6. The molecule has 1 heterocycles. The first kappa shape index (κ1) is 61.5. The summed E-state index contributed by atoms with van der Waals surface area (Å²) in [6.45, 7) is 20.5. The number of rotatable bonds is 27. The highest BCUT2D eigenvalue weighted by molar-refractivity contribution is 8.00. The highest BCUT2D eigenvalue weighted by Gasteiger charge is 2.37. The van der Waals surface area contributed by atoms with Crippen LogP contribution in [-0.2, 0) is 4.79 Å². The molecular formula is C59H114N6OS4. The Balaban J connectivity index is 0.955. The summed E-state index contributed by atoms with van der Waals surface area (Å²) in [4.78, 5) is 16.0. The van der Waals surface area contributed by atoms with Crippen molar-refractivity contribution in [3.8, 4) is 0 Å². The van der Waals surface area contributed by atoms with E-state index >= 15 is 0 Å². The number of amides is 1. The Bertz CT molecular complexity index is 1390. The van der Waals surface area contributed by atoms with Crippen molar-refractivity contribution in [2.45, 2.75) is 241 Å². The number of nitrogens with one attached hydrogen (secondary N) is 4. The topological polar surface area (TPSA) is 71.7 Å². The molecule has 0 aromatic heterocycles. The van der Waals surface area contributed by atoms with Gasteiger partial charge in [0.05, 0.1) is 0 Å². The lowest BCUT2D eigenvalue weighted by molar-refractivity contribution is -0.127. The van der Waals surface area contributed by atoms with Crippen LogP contribution in [0, 0.1) is 59.2 Å². The van der Waals surface area contributed by atoms with Gasteiger partial charge >= 0.3 is 0 Å². The van der Waals surface area contributed by atoms with Gasteiger partial charge in [-0.15, -0.1) is 0 Å². The van der Waals surface area contributed by atoms with E-state index < -0.39 is 0 Å². The van der Waals surface area contributed by atoms with E-state index in [1.54, 1.807) is 0 Å². The van der Waals surface area contributed by atoms with Crippen molar-refractivity contribution in [1.82, 2.24) is 31.3 Å². The van der Waals surface area contributed by atoms with Crippen LogP contribution in [0.1, 0.15) is 196 Å². The van der Waals surface area contributed by atoms with Crippen LogP contribution in [0.3, 0.4) is 0 Å². The van der Waals surface area contributed by atoms with Crippen molar-refractivity contribution in [1.29, 1.82) is 0 Å². The summed E-state index contributed by atoms with van der Waals surface area (Å²) in [7, 11) is 8.78. The number of nitrogens with zero attached hydrogens (tertiary/aromatic N) is 2. The predicted molar refractivity (Wildman–Crippen MR) is 317 cm³/mol. The van der Waals surface area contributed by atoms with Crippen LogP contribution in [0.2, 0.25) is 0 Å². The fraction of sp³-hybridized carbons (Fsp3) is 0.983. The molecule has 5 rings (SSSR count). The minimum atomic E-state index is 0.150. The summed E-state index contributed by atoms with van der Waals surface area (Å²) in [6, 6.07) is 2.34. The molecule has 1 amide bonds. The highest BCUT2D eigenvalue weighted by Crippen LogP contribution is 2.41. The third kappa shape index (κ3) is 22.0. The molecule has 0 radical (unpaired) electrons. The lowest BCUT2D eigenvalue weighted by Crippen LogP contribution is -2.54. The van der Waals surface area contributed by atoms with Gasteiger partial charge in [0.1, 0.15) is 0 Å². The monoisotopic (exact) mass is 1050 g/mol. The van der Waals surface area contributed by atoms with E-state index in [9.17, 15) is 4.79 Å². The molecule has 4 saturated carbocycles. The van der Waals surface area contributed by atoms with Gasteiger partial charge in [0.15, 0.2) is 0 Å². The Morgan fingerprint density at radius 1 is 0.729 bits per heavy atom. The Labute approximate surface area is 452 Å². The number of fused-ring (bicyclic) bond motifs is 1. The molecule has 0 aromatic rings. The van der Waals surface area contributed by atoms with Gasteiger partial charge in [0, 0.05) is 95.0 Å². The smallest absolute Gasteiger partial charge is 0.223 e. The average molecular weight is 1050 g/mol. The Hall–Kier alpha value is 0.670. The van der Waals surface area contributed by atoms with E-state index in [1.807, 2.05) is 0 Å². The van der Waals surface area contributed by atoms with Gasteiger partial charge in [-0.3, -0.25) is 10.2 Å². The van der Waals surface area contributed by atoms with Gasteiger partial charge in [-0.25, -0.2) is 5.01 Å². The van der Waals surface area contributed by atoms with Crippen LogP contribution in [-0.4, -0.2) is 126 Å². The molecule has 0 aromatic carbocycles. The number of hydrazine groups is 1. The molecular weight excluding hydrogens is 937 g/mol. The molecule has 4 aliphatic carbocycles. The minimum Gasteiger partial charge on any atom is -0.353 e. The van der Waals surface area contributed by atoms with Gasteiger partial charge in [0.25, 0.3) is 0 Å². The zero-order valence-corrected chi connectivity index (χ0v) is 50.7. The maximum Gasteiger partial charge on any atom is 0.223 e. The van der Waals surface area contributed by atoms with Crippen LogP contribution >= 0.6 is 47.9 Å². The van der Waals surface area contributed by atoms with Crippen molar-refractivity contribution in [2.24, 2.45) is 59.2 Å². The van der Waals surface area contributed by atoms with Gasteiger partial charge < -0.3 is 20.9 Å². The molecule has 7 nitrogen and oxygen atoms in total. The summed E-state index contributed by atoms with van der Waals surface area (Å²) >= 11 is 11.9. The second-order valence-electron chi connectivity index (χ2n) is 25.5. The maximum atomic E-state index is 13.7. The van der Waals surface area contributed by atoms with Crippen molar-refractivity contribution in [3.63, 3.8) is 0 Å². The molecule has 1 saturated heterocycles. The summed E-state index contributed by atoms with van der Waals surface area (Å²) in [5, 5.41) is 16.3. The fourth-order valence-electron chi connectivity index (χ4n) is 13.4. The number of carbonyl (C=O) groups is 1. The van der Waals surface area contributed by atoms with Crippen LogP contribution in [0.4, 0.5) is 0 Å². The number of thiol groups is 1. The fourth-order valence-corrected chi connectivity index (χ4v) is 18.2. The van der Waals surface area contributed by atoms with Gasteiger partial charge in [0.2, 0.25) is 5.91 Å². The summed E-state index contributed by atoms with van der Waals surface area (Å²) in [5.41, 5.74) is 4.03. The molecule has 12 atom stereocenters. The molecule has 12 unspecified atom stereocenters. The van der Waals surface area contributed by atoms with E-state index in [0.717, 1.165) is 95.4 Å². The van der Waals surface area contributed by atoms with Crippen molar-refractivity contribution >= 4 is 53.8 Å². The normalized spacial score (nSPS) is 33.1. The highest BCUT2D eigenvalue weighted by atomic mass is 32.2. The molecule has 5 aliphatic rings. The molecule has 1 aliphatic heterocycles. The second kappa shape index (κ2) is 33.1. The zero-order valence-electron chi connectivity index (χ0n) is 47.4. The standard InChI is InChI=1S/C59H114N6OS4/c1-41(2)43(5)12-13-44(6)57(68-35-32-60-8)31-23-49-19-20-50(39-55(49)67)59(66)62-52-26-17-47(18-27-52)38-46-15-24-51(25-16-46)61-53-28-21-48-22-30-58(70-37-34-65(11)63-54(48)40-53)45(7)14-29-56(42(3)4)69-36-33-64(9)10/h41-58,60-61,63,67H,12-40H2,1-11H3,(H,62,66). The zero-order chi connectivity index (χ0) is 50.6. The van der Waals surface area contributed by atoms with Crippen molar-refractivity contribution in [3.05, 3.63) is 0 Å². The van der Waals surface area contributed by atoms with Crippen LogP contribution < -0.4 is 21.4 Å². The van der Waals surface area contributed by atoms with Crippen LogP contribution in [0.15, 0.2) is 0 Å². The van der Waals surface area contributed by atoms with Gasteiger partial charge in [-0.05, 0) is 216 Å². The molecule has 11 heteroatoms. The Morgan fingerprint density at radius 3 is 2.04 bits per heavy atom. The summed E-state index contributed by atoms with van der Waals surface area (Å²) < 4.78 is 0. The number of hydrogen-bond acceptors (Lipinski definition) is 10. The first-order valence-corrected chi connectivity index (χ1v) is 33.6. The molecule has 410 valence electrons. The first-order valence-electron chi connectivity index (χ1n) is 29.9. The quantitative estimate of drug-likeness (QED) is 0.0409. The van der Waals surface area contributed by atoms with E-state index in [4.69, 9.17) is 12.6 Å². The van der Waals surface area contributed by atoms with Gasteiger partial charge in [-0.1, -0.05) is 54.9 Å². The third-order valence-corrected chi connectivity index (χ3v) is 24.4. The van der Waals surface area contributed by atoms with E-state index in [1.165, 1.54) is 152 Å². The molecule has 4 N–H and O–H groups in total. The summed E-state index contributed by atoms with van der Waals surface area (Å²) in [5.74, 6) is 11.2. The number of thioether (sulfide) groups is 3. The van der Waals surface area contributed by atoms with Crippen LogP contribution in [0.25, 0.3) is 0 Å². The van der Waals surface area contributed by atoms with Crippen LogP contribution in [0.5, 0.6) is 0 Å². The van der Waals surface area contributed by atoms with E-state index in [-0.39, 0.29) is 5.92 Å². The third-order valence-electron chi connectivity index (χ3n) is 19.0. The average Bonchev–Trinajstić information content (AvgIpc) is 3.33. The Morgan fingerprint density at radius 2 is 1.39 bits per heavy atom. The van der Waals surface area contributed by atoms with E-state index in [2.05, 4.69) is 143 Å². The minimum absolute atomic E-state index is 0.150. The molecule has 0 spiro atoms. The van der Waals surface area contributed by atoms with E-state index in [0.29, 0.717) is 41.2 Å². The lowest BCUT2D eigenvalue weighted by Gasteiger charge is -2.42. The lowest BCUT2D eigenvalue weighted by atomic mass is 9.75. The van der Waals surface area contributed by atoms with Crippen molar-refractivity contribution in [2.75, 3.05) is 65.1 Å². The predicted octanol–water partition coefficient (Wildman–Crippen LogP) is 13.3. The molecule has 0 bridgehead atoms. The maximum absolute atomic E-state index is 13.7.